The topological polar surface area (TPSA) is 81.3 Å². The summed E-state index contributed by atoms with van der Waals surface area (Å²) in [4.78, 5) is 1.95. The quantitative estimate of drug-likeness (QED) is 0.584. The third kappa shape index (κ3) is 5.90. The predicted molar refractivity (Wildman–Crippen MR) is 117 cm³/mol. The van der Waals surface area contributed by atoms with Gasteiger partial charge in [-0.25, -0.2) is 0 Å². The first-order chi connectivity index (χ1) is 14.0. The molecule has 30 heavy (non-hydrogen) atoms. The van der Waals surface area contributed by atoms with Gasteiger partial charge in [-0.15, -0.1) is 0 Å². The summed E-state index contributed by atoms with van der Waals surface area (Å²) in [6.07, 6.45) is -0.538. The Hall–Kier alpha value is -3.19. The van der Waals surface area contributed by atoms with Crippen LogP contribution in [0.4, 0.5) is 24.5 Å². The normalized spacial score (nSPS) is 14.6. The first-order valence-electron chi connectivity index (χ1n) is 9.40. The van der Waals surface area contributed by atoms with Crippen molar-refractivity contribution in [3.05, 3.63) is 95.0 Å². The van der Waals surface area contributed by atoms with Crippen LogP contribution in [0.1, 0.15) is 18.1 Å². The van der Waals surface area contributed by atoms with E-state index >= 15 is 0 Å². The zero-order valence-electron chi connectivity index (χ0n) is 17.2. The summed E-state index contributed by atoms with van der Waals surface area (Å²) in [5.41, 5.74) is 21.3. The third-order valence-corrected chi connectivity index (χ3v) is 4.51. The molecule has 7 heteroatoms. The fourth-order valence-electron chi connectivity index (χ4n) is 2.74. The molecule has 0 saturated heterocycles. The molecule has 1 atom stereocenters. The van der Waals surface area contributed by atoms with Crippen LogP contribution in [-0.2, 0) is 0 Å². The molecule has 0 aliphatic carbocycles. The summed E-state index contributed by atoms with van der Waals surface area (Å²) < 4.78 is 38.2. The molecule has 2 aromatic rings. The molecule has 0 aliphatic heterocycles. The lowest BCUT2D eigenvalue weighted by Gasteiger charge is -2.27. The van der Waals surface area contributed by atoms with Crippen LogP contribution in [0.3, 0.4) is 0 Å². The lowest BCUT2D eigenvalue weighted by Crippen LogP contribution is -2.36. The van der Waals surface area contributed by atoms with Crippen LogP contribution in [0, 0.1) is 13.8 Å². The van der Waals surface area contributed by atoms with Crippen LogP contribution in [0.25, 0.3) is 0 Å². The van der Waals surface area contributed by atoms with E-state index in [0.717, 1.165) is 22.5 Å². The maximum Gasteiger partial charge on any atom is 0.407 e. The minimum Gasteiger partial charge on any atom is -0.397 e. The van der Waals surface area contributed by atoms with Gasteiger partial charge in [0.25, 0.3) is 0 Å². The van der Waals surface area contributed by atoms with Crippen LogP contribution in [0.2, 0.25) is 0 Å². The summed E-state index contributed by atoms with van der Waals surface area (Å²) in [5.74, 6) is 0. The molecule has 1 unspecified atom stereocenters. The highest BCUT2D eigenvalue weighted by molar-refractivity contribution is 5.70. The van der Waals surface area contributed by atoms with Crippen LogP contribution >= 0.6 is 0 Å². The molecule has 0 saturated carbocycles. The highest BCUT2D eigenvalue weighted by Gasteiger charge is 2.35. The Morgan fingerprint density at radius 2 is 1.30 bits per heavy atom. The number of allylic oxidation sites excluding steroid dienone is 2. The SMILES string of the molecule is C\C=C(/C=C(N)/C(N)=C/C(N)C(F)(F)F)N(c1ccc(C)cc1)c1ccc(C)cc1. The van der Waals surface area contributed by atoms with E-state index in [1.54, 1.807) is 0 Å². The Kier molecular flexibility index (Phi) is 7.34. The number of nitrogens with two attached hydrogens (primary N) is 3. The minimum atomic E-state index is -4.59. The summed E-state index contributed by atoms with van der Waals surface area (Å²) >= 11 is 0. The maximum absolute atomic E-state index is 12.7. The summed E-state index contributed by atoms with van der Waals surface area (Å²) in [5, 5.41) is 0. The van der Waals surface area contributed by atoms with E-state index in [1.807, 2.05) is 80.3 Å². The smallest absolute Gasteiger partial charge is 0.397 e. The van der Waals surface area contributed by atoms with Gasteiger partial charge in [0.2, 0.25) is 0 Å². The fraction of sp³-hybridized carbons (Fsp3) is 0.217. The largest absolute Gasteiger partial charge is 0.407 e. The van der Waals surface area contributed by atoms with E-state index in [9.17, 15) is 13.2 Å². The average molecular weight is 416 g/mol. The summed E-state index contributed by atoms with van der Waals surface area (Å²) in [6, 6.07) is 13.6. The number of halogens is 3. The molecular weight excluding hydrogens is 389 g/mol. The van der Waals surface area contributed by atoms with Gasteiger partial charge in [0.1, 0.15) is 6.04 Å². The lowest BCUT2D eigenvalue weighted by atomic mass is 10.1. The number of hydrogen-bond donors (Lipinski definition) is 3. The fourth-order valence-corrected chi connectivity index (χ4v) is 2.74. The lowest BCUT2D eigenvalue weighted by molar-refractivity contribution is -0.137. The van der Waals surface area contributed by atoms with Crippen LogP contribution in [0.5, 0.6) is 0 Å². The highest BCUT2D eigenvalue weighted by Crippen LogP contribution is 2.31. The van der Waals surface area contributed by atoms with E-state index in [4.69, 9.17) is 17.2 Å². The van der Waals surface area contributed by atoms with Gasteiger partial charge in [0.05, 0.1) is 11.4 Å². The van der Waals surface area contributed by atoms with E-state index in [1.165, 1.54) is 6.08 Å². The first-order valence-corrected chi connectivity index (χ1v) is 9.40. The Labute approximate surface area is 175 Å². The summed E-state index contributed by atoms with van der Waals surface area (Å²) in [7, 11) is 0. The number of aryl methyl sites for hydroxylation is 2. The molecule has 0 fully saturated rings. The van der Waals surface area contributed by atoms with E-state index in [2.05, 4.69) is 0 Å². The monoisotopic (exact) mass is 416 g/mol. The minimum absolute atomic E-state index is 0.00739. The van der Waals surface area contributed by atoms with Crippen molar-refractivity contribution in [2.24, 2.45) is 17.2 Å². The van der Waals surface area contributed by atoms with Crippen molar-refractivity contribution in [1.29, 1.82) is 0 Å². The van der Waals surface area contributed by atoms with Crippen LogP contribution < -0.4 is 22.1 Å². The second-order valence-corrected chi connectivity index (χ2v) is 7.01. The van der Waals surface area contributed by atoms with Gasteiger partial charge in [-0.2, -0.15) is 13.2 Å². The van der Waals surface area contributed by atoms with Crippen molar-refractivity contribution in [1.82, 2.24) is 0 Å². The molecule has 0 aliphatic rings. The predicted octanol–water partition coefficient (Wildman–Crippen LogP) is 4.92. The first kappa shape index (κ1) is 23.1. The zero-order valence-corrected chi connectivity index (χ0v) is 17.2. The van der Waals surface area contributed by atoms with Gasteiger partial charge in [-0.3, -0.25) is 0 Å². The van der Waals surface area contributed by atoms with Crippen LogP contribution in [-0.4, -0.2) is 12.2 Å². The maximum atomic E-state index is 12.7. The molecule has 6 N–H and O–H groups in total. The van der Waals surface area contributed by atoms with Crippen molar-refractivity contribution in [2.75, 3.05) is 4.90 Å². The van der Waals surface area contributed by atoms with Gasteiger partial charge in [-0.1, -0.05) is 41.5 Å². The molecule has 0 spiro atoms. The summed E-state index contributed by atoms with van der Waals surface area (Å²) in [6.45, 7) is 5.80. The van der Waals surface area contributed by atoms with Crippen molar-refractivity contribution in [3.8, 4) is 0 Å². The van der Waals surface area contributed by atoms with Crippen molar-refractivity contribution in [2.45, 2.75) is 33.0 Å². The molecule has 0 bridgehead atoms. The van der Waals surface area contributed by atoms with Gasteiger partial charge < -0.3 is 22.1 Å². The van der Waals surface area contributed by atoms with Gasteiger partial charge >= 0.3 is 6.18 Å². The van der Waals surface area contributed by atoms with Crippen molar-refractivity contribution >= 4 is 11.4 Å². The number of rotatable bonds is 6. The molecule has 0 amide bonds. The van der Waals surface area contributed by atoms with Crippen LogP contribution in [0.15, 0.2) is 83.9 Å². The Bertz CT molecular complexity index is 894. The number of anilines is 2. The Balaban J connectivity index is 2.50. The molecule has 0 radical (unpaired) electrons. The molecule has 2 aromatic carbocycles. The molecular formula is C23H27F3N4. The number of benzene rings is 2. The van der Waals surface area contributed by atoms with Crippen molar-refractivity contribution < 1.29 is 13.2 Å². The standard InChI is InChI=1S/C23H27F3N4/c1-4-17(13-20(27)21(28)14-22(29)23(24,25)26)30(18-9-5-15(2)6-10-18)19-11-7-16(3)8-12-19/h4-14,22H,27-29H2,1-3H3/b17-4+,20-13-,21-14-. The molecule has 4 nitrogen and oxygen atoms in total. The molecule has 0 heterocycles. The van der Waals surface area contributed by atoms with Crippen molar-refractivity contribution in [3.63, 3.8) is 0 Å². The second-order valence-electron chi connectivity index (χ2n) is 7.01. The Morgan fingerprint density at radius 1 is 0.867 bits per heavy atom. The highest BCUT2D eigenvalue weighted by atomic mass is 19.4. The molecule has 0 aromatic heterocycles. The molecule has 2 rings (SSSR count). The van der Waals surface area contributed by atoms with E-state index in [-0.39, 0.29) is 11.4 Å². The number of hydrogen-bond acceptors (Lipinski definition) is 4. The van der Waals surface area contributed by atoms with Gasteiger partial charge in [0.15, 0.2) is 0 Å². The molecule has 160 valence electrons. The van der Waals surface area contributed by atoms with Gasteiger partial charge in [-0.05, 0) is 57.2 Å². The average Bonchev–Trinajstić information content (AvgIpc) is 2.69. The zero-order chi connectivity index (χ0) is 22.5. The van der Waals surface area contributed by atoms with E-state index < -0.39 is 12.2 Å². The number of nitrogens with zero attached hydrogens (tertiary/aromatic N) is 1. The second kappa shape index (κ2) is 9.54. The third-order valence-electron chi connectivity index (χ3n) is 4.51. The Morgan fingerprint density at radius 3 is 1.67 bits per heavy atom. The number of alkyl halides is 3. The van der Waals surface area contributed by atoms with Gasteiger partial charge in [0, 0.05) is 17.1 Å². The van der Waals surface area contributed by atoms with E-state index in [0.29, 0.717) is 11.8 Å².